The first-order valence-corrected chi connectivity index (χ1v) is 9.06. The summed E-state index contributed by atoms with van der Waals surface area (Å²) >= 11 is 0. The summed E-state index contributed by atoms with van der Waals surface area (Å²) in [5.74, 6) is -4.17. The van der Waals surface area contributed by atoms with Crippen molar-refractivity contribution in [1.29, 1.82) is 0 Å². The first kappa shape index (κ1) is 17.3. The van der Waals surface area contributed by atoms with Crippen LogP contribution in [0.2, 0.25) is 0 Å². The monoisotopic (exact) mass is 365 g/mol. The van der Waals surface area contributed by atoms with Crippen LogP contribution in [0.25, 0.3) is 0 Å². The van der Waals surface area contributed by atoms with Crippen molar-refractivity contribution in [2.45, 2.75) is 15.5 Å². The summed E-state index contributed by atoms with van der Waals surface area (Å²) in [5.41, 5.74) is -0.0254. The van der Waals surface area contributed by atoms with Gasteiger partial charge in [-0.15, -0.1) is 0 Å². The van der Waals surface area contributed by atoms with E-state index in [4.69, 9.17) is 0 Å². The molecular weight excluding hydrogens is 355 g/mol. The van der Waals surface area contributed by atoms with Crippen LogP contribution >= 0.6 is 0 Å². The largest absolute Gasteiger partial charge is 0.341 e. The van der Waals surface area contributed by atoms with Gasteiger partial charge in [0.2, 0.25) is 9.84 Å². The number of sulfone groups is 1. The van der Waals surface area contributed by atoms with Gasteiger partial charge in [0.1, 0.15) is 5.82 Å². The quantitative estimate of drug-likeness (QED) is 0.883. The van der Waals surface area contributed by atoms with E-state index in [0.717, 1.165) is 48.5 Å². The van der Waals surface area contributed by atoms with E-state index in [9.17, 15) is 30.0 Å². The minimum Gasteiger partial charge on any atom is -0.280 e. The van der Waals surface area contributed by atoms with Crippen molar-refractivity contribution in [2.24, 2.45) is 0 Å². The summed E-state index contributed by atoms with van der Waals surface area (Å²) in [6.45, 7) is 0. The van der Waals surface area contributed by atoms with Gasteiger partial charge in [-0.1, -0.05) is 0 Å². The standard InChI is InChI=1S/C13H10F3NO4S2/c14-9-1-5-12(6-2-9)23(20,21)17-10-3-7-11(8-4-10)22(18,19)13(15)16/h1-8,13,17H. The molecule has 0 bridgehead atoms. The van der Waals surface area contributed by atoms with Crippen molar-refractivity contribution in [2.75, 3.05) is 4.72 Å². The normalized spacial score (nSPS) is 12.3. The van der Waals surface area contributed by atoms with Crippen LogP contribution in [0, 0.1) is 5.82 Å². The zero-order valence-corrected chi connectivity index (χ0v) is 12.9. The summed E-state index contributed by atoms with van der Waals surface area (Å²) < 4.78 is 86.3. The summed E-state index contributed by atoms with van der Waals surface area (Å²) in [7, 11) is -8.76. The molecule has 0 aromatic heterocycles. The van der Waals surface area contributed by atoms with Gasteiger partial charge in [-0.3, -0.25) is 4.72 Å². The number of rotatable bonds is 5. The SMILES string of the molecule is O=S(=O)(Nc1ccc(S(=O)(=O)C(F)F)cc1)c1ccc(F)cc1. The van der Waals surface area contributed by atoms with E-state index in [1.165, 1.54) is 0 Å². The Morgan fingerprint density at radius 3 is 1.74 bits per heavy atom. The molecule has 0 amide bonds. The van der Waals surface area contributed by atoms with Crippen molar-refractivity contribution in [3.8, 4) is 0 Å². The zero-order chi connectivity index (χ0) is 17.3. The number of nitrogens with one attached hydrogen (secondary N) is 1. The molecule has 23 heavy (non-hydrogen) atoms. The first-order chi connectivity index (χ1) is 10.6. The molecule has 0 atom stereocenters. The van der Waals surface area contributed by atoms with Crippen molar-refractivity contribution in [1.82, 2.24) is 0 Å². The van der Waals surface area contributed by atoms with Crippen molar-refractivity contribution in [3.05, 3.63) is 54.3 Å². The highest BCUT2D eigenvalue weighted by Crippen LogP contribution is 2.22. The van der Waals surface area contributed by atoms with Crippen LogP contribution in [0.3, 0.4) is 0 Å². The van der Waals surface area contributed by atoms with Gasteiger partial charge in [0.25, 0.3) is 10.0 Å². The third kappa shape index (κ3) is 3.82. The summed E-state index contributed by atoms with van der Waals surface area (Å²) in [6.07, 6.45) is 0. The number of hydrogen-bond acceptors (Lipinski definition) is 4. The third-order valence-electron chi connectivity index (χ3n) is 2.79. The van der Waals surface area contributed by atoms with Crippen LogP contribution in [-0.4, -0.2) is 22.6 Å². The highest BCUT2D eigenvalue weighted by Gasteiger charge is 2.26. The molecule has 10 heteroatoms. The summed E-state index contributed by atoms with van der Waals surface area (Å²) in [6, 6.07) is 7.83. The zero-order valence-electron chi connectivity index (χ0n) is 11.3. The Morgan fingerprint density at radius 1 is 0.783 bits per heavy atom. The number of sulfonamides is 1. The number of benzene rings is 2. The second-order valence-electron chi connectivity index (χ2n) is 4.39. The second-order valence-corrected chi connectivity index (χ2v) is 7.99. The molecule has 1 N–H and O–H groups in total. The van der Waals surface area contributed by atoms with Gasteiger partial charge in [-0.25, -0.2) is 21.2 Å². The predicted molar refractivity (Wildman–Crippen MR) is 76.8 cm³/mol. The minimum atomic E-state index is -4.75. The fourth-order valence-electron chi connectivity index (χ4n) is 1.64. The van der Waals surface area contributed by atoms with Crippen LogP contribution in [0.15, 0.2) is 58.3 Å². The topological polar surface area (TPSA) is 80.3 Å². The van der Waals surface area contributed by atoms with Gasteiger partial charge >= 0.3 is 5.76 Å². The molecule has 0 aliphatic rings. The molecule has 0 fully saturated rings. The molecule has 0 unspecified atom stereocenters. The van der Waals surface area contributed by atoms with E-state index < -0.39 is 36.3 Å². The van der Waals surface area contributed by atoms with Crippen LogP contribution in [0.5, 0.6) is 0 Å². The Labute approximate surface area is 130 Å². The highest BCUT2D eigenvalue weighted by atomic mass is 32.2. The molecule has 5 nitrogen and oxygen atoms in total. The van der Waals surface area contributed by atoms with Gasteiger partial charge in [0.05, 0.1) is 9.79 Å². The van der Waals surface area contributed by atoms with Crippen molar-refractivity contribution in [3.63, 3.8) is 0 Å². The molecule has 0 aliphatic carbocycles. The Kier molecular flexibility index (Phi) is 4.66. The lowest BCUT2D eigenvalue weighted by Crippen LogP contribution is -2.14. The molecule has 2 rings (SSSR count). The molecular formula is C13H10F3NO4S2. The third-order valence-corrected chi connectivity index (χ3v) is 5.59. The van der Waals surface area contributed by atoms with E-state index in [1.807, 2.05) is 0 Å². The molecule has 0 spiro atoms. The number of halogens is 3. The maximum Gasteiger partial charge on any atom is 0.341 e. The summed E-state index contributed by atoms with van der Waals surface area (Å²) in [5, 5.41) is 0. The Morgan fingerprint density at radius 2 is 1.26 bits per heavy atom. The van der Waals surface area contributed by atoms with E-state index in [1.54, 1.807) is 0 Å². The number of alkyl halides is 2. The number of anilines is 1. The van der Waals surface area contributed by atoms with Crippen molar-refractivity contribution >= 4 is 25.5 Å². The summed E-state index contributed by atoms with van der Waals surface area (Å²) in [4.78, 5) is -0.833. The molecule has 2 aromatic rings. The van der Waals surface area contributed by atoms with Crippen molar-refractivity contribution < 1.29 is 30.0 Å². The molecule has 2 aromatic carbocycles. The Bertz CT molecular complexity index is 893. The Balaban J connectivity index is 2.26. The molecule has 0 radical (unpaired) electrons. The number of hydrogen-bond donors (Lipinski definition) is 1. The molecule has 124 valence electrons. The van der Waals surface area contributed by atoms with Crippen LogP contribution in [-0.2, 0) is 19.9 Å². The van der Waals surface area contributed by atoms with E-state index in [0.29, 0.717) is 0 Å². The van der Waals surface area contributed by atoms with Gasteiger partial charge in [-0.05, 0) is 48.5 Å². The highest BCUT2D eigenvalue weighted by molar-refractivity contribution is 7.92. The average Bonchev–Trinajstić information content (AvgIpc) is 2.47. The molecule has 0 heterocycles. The second kappa shape index (κ2) is 6.20. The average molecular weight is 365 g/mol. The Hall–Kier alpha value is -2.07. The van der Waals surface area contributed by atoms with Gasteiger partial charge < -0.3 is 0 Å². The smallest absolute Gasteiger partial charge is 0.280 e. The van der Waals surface area contributed by atoms with Gasteiger partial charge in [-0.2, -0.15) is 8.78 Å². The van der Waals surface area contributed by atoms with Crippen LogP contribution in [0.4, 0.5) is 18.9 Å². The first-order valence-electron chi connectivity index (χ1n) is 6.03. The maximum absolute atomic E-state index is 12.8. The van der Waals surface area contributed by atoms with Crippen LogP contribution < -0.4 is 4.72 Å². The van der Waals surface area contributed by atoms with Crippen LogP contribution in [0.1, 0.15) is 0 Å². The van der Waals surface area contributed by atoms with Gasteiger partial charge in [0, 0.05) is 5.69 Å². The maximum atomic E-state index is 12.8. The predicted octanol–water partition coefficient (Wildman–Crippen LogP) is 2.62. The molecule has 0 saturated heterocycles. The lowest BCUT2D eigenvalue weighted by Gasteiger charge is -2.09. The van der Waals surface area contributed by atoms with E-state index in [2.05, 4.69) is 4.72 Å². The lowest BCUT2D eigenvalue weighted by molar-refractivity contribution is 0.234. The molecule has 0 saturated carbocycles. The minimum absolute atomic E-state index is 0.0254. The van der Waals surface area contributed by atoms with Gasteiger partial charge in [0.15, 0.2) is 0 Å². The lowest BCUT2D eigenvalue weighted by atomic mass is 10.3. The fourth-order valence-corrected chi connectivity index (χ4v) is 3.42. The molecule has 0 aliphatic heterocycles. The van der Waals surface area contributed by atoms with E-state index in [-0.39, 0.29) is 10.6 Å². The van der Waals surface area contributed by atoms with E-state index >= 15 is 0 Å². The fraction of sp³-hybridized carbons (Fsp3) is 0.0769.